The van der Waals surface area contributed by atoms with E-state index < -0.39 is 41.2 Å². The minimum Gasteiger partial charge on any atom is -0.431 e. The van der Waals surface area contributed by atoms with Crippen LogP contribution in [-0.4, -0.2) is 11.1 Å². The largest absolute Gasteiger partial charge is 0.431 e. The summed E-state index contributed by atoms with van der Waals surface area (Å²) < 4.78 is 43.5. The van der Waals surface area contributed by atoms with Gasteiger partial charge in [0.2, 0.25) is 0 Å². The predicted molar refractivity (Wildman–Crippen MR) is 47.9 cm³/mol. The summed E-state index contributed by atoms with van der Waals surface area (Å²) in [6.45, 7) is 1.99. The van der Waals surface area contributed by atoms with E-state index in [0.29, 0.717) is 6.07 Å². The molecule has 1 aromatic carbocycles. The molecule has 0 heterocycles. The van der Waals surface area contributed by atoms with Gasteiger partial charge in [-0.25, -0.2) is 18.0 Å². The molecule has 1 rings (SSSR count). The fourth-order valence-electron chi connectivity index (χ4n) is 1.08. The molecule has 6 heteroatoms. The van der Waals surface area contributed by atoms with Crippen LogP contribution in [0, 0.1) is 17.5 Å². The Morgan fingerprint density at radius 3 is 2.56 bits per heavy atom. The van der Waals surface area contributed by atoms with Gasteiger partial charge in [-0.1, -0.05) is 6.58 Å². The van der Waals surface area contributed by atoms with Gasteiger partial charge in [-0.3, -0.25) is 0 Å². The third-order valence-corrected chi connectivity index (χ3v) is 1.82. The van der Waals surface area contributed by atoms with Gasteiger partial charge >= 0.3 is 5.97 Å². The molecule has 0 atom stereocenters. The van der Waals surface area contributed by atoms with Gasteiger partial charge in [0, 0.05) is 0 Å². The van der Waals surface area contributed by atoms with Crippen molar-refractivity contribution >= 4 is 5.97 Å². The van der Waals surface area contributed by atoms with Crippen LogP contribution in [0.5, 0.6) is 0 Å². The summed E-state index contributed by atoms with van der Waals surface area (Å²) in [6, 6.07) is 0.357. The van der Waals surface area contributed by atoms with Crippen molar-refractivity contribution in [2.45, 2.75) is 6.61 Å². The van der Waals surface area contributed by atoms with Gasteiger partial charge in [0.25, 0.3) is 0 Å². The van der Waals surface area contributed by atoms with Crippen molar-refractivity contribution in [1.29, 1.82) is 0 Å². The molecule has 1 N–H and O–H groups in total. The number of hydrogen-bond donors (Lipinski definition) is 1. The Bertz CT molecular complexity index is 443. The van der Waals surface area contributed by atoms with Crippen LogP contribution in [0.4, 0.5) is 13.2 Å². The highest BCUT2D eigenvalue weighted by Crippen LogP contribution is 2.21. The van der Waals surface area contributed by atoms with E-state index in [1.54, 1.807) is 0 Å². The van der Waals surface area contributed by atoms with Crippen molar-refractivity contribution in [3.05, 3.63) is 47.5 Å². The van der Waals surface area contributed by atoms with E-state index in [-0.39, 0.29) is 0 Å². The fraction of sp³-hybridized carbons (Fsp3) is 0.100. The minimum atomic E-state index is -1.53. The van der Waals surface area contributed by atoms with Gasteiger partial charge in [-0.2, -0.15) is 0 Å². The average Bonchev–Trinajstić information content (AvgIpc) is 2.24. The number of ether oxygens (including phenoxy) is 1. The lowest BCUT2D eigenvalue weighted by Gasteiger charge is -2.07. The molecule has 3 nitrogen and oxygen atoms in total. The Kier molecular flexibility index (Phi) is 3.68. The summed E-state index contributed by atoms with van der Waals surface area (Å²) >= 11 is 0. The van der Waals surface area contributed by atoms with Crippen LogP contribution < -0.4 is 0 Å². The van der Waals surface area contributed by atoms with E-state index in [9.17, 15) is 18.0 Å². The van der Waals surface area contributed by atoms with Gasteiger partial charge in [-0.15, -0.1) is 0 Å². The molecular formula is C10H7F3O3. The molecule has 0 spiro atoms. The topological polar surface area (TPSA) is 46.5 Å². The average molecular weight is 232 g/mol. The van der Waals surface area contributed by atoms with Gasteiger partial charge in [-0.05, 0) is 6.07 Å². The summed E-state index contributed by atoms with van der Waals surface area (Å²) in [5, 5.41) is 8.64. The van der Waals surface area contributed by atoms with E-state index in [1.807, 2.05) is 0 Å². The third kappa shape index (κ3) is 2.06. The molecule has 0 bridgehead atoms. The highest BCUT2D eigenvalue weighted by atomic mass is 19.2. The third-order valence-electron chi connectivity index (χ3n) is 1.82. The number of benzene rings is 1. The Morgan fingerprint density at radius 2 is 2.06 bits per heavy atom. The summed E-state index contributed by atoms with van der Waals surface area (Å²) in [5.41, 5.74) is -1.72. The molecule has 0 unspecified atom stereocenters. The predicted octanol–water partition coefficient (Wildman–Crippen LogP) is 1.90. The zero-order valence-corrected chi connectivity index (χ0v) is 7.97. The molecule has 0 aliphatic heterocycles. The van der Waals surface area contributed by atoms with E-state index in [0.717, 1.165) is 6.26 Å². The summed E-state index contributed by atoms with van der Waals surface area (Å²) in [4.78, 5) is 11.1. The Balaban J connectivity index is 3.36. The van der Waals surface area contributed by atoms with Crippen LogP contribution in [0.2, 0.25) is 0 Å². The Morgan fingerprint density at radius 1 is 1.44 bits per heavy atom. The number of carbonyl (C=O) groups excluding carboxylic acids is 1. The van der Waals surface area contributed by atoms with E-state index >= 15 is 0 Å². The van der Waals surface area contributed by atoms with Crippen LogP contribution >= 0.6 is 0 Å². The minimum absolute atomic E-state index is 0.357. The maximum Gasteiger partial charge on any atom is 0.346 e. The first kappa shape index (κ1) is 12.3. The maximum absolute atomic E-state index is 13.4. The molecule has 0 saturated heterocycles. The number of esters is 1. The first-order chi connectivity index (χ1) is 7.52. The van der Waals surface area contributed by atoms with Crippen molar-refractivity contribution in [3.63, 3.8) is 0 Å². The number of hydrogen-bond acceptors (Lipinski definition) is 3. The van der Waals surface area contributed by atoms with Crippen LogP contribution in [0.3, 0.4) is 0 Å². The van der Waals surface area contributed by atoms with Gasteiger partial charge in [0.1, 0.15) is 5.82 Å². The molecule has 0 radical (unpaired) electrons. The standard InChI is InChI=1S/C10H7F3O3/c1-2-16-10(15)5-3-7(11)9(13)6(4-14)8(5)12/h2-3,14H,1,4H2. The first-order valence-electron chi connectivity index (χ1n) is 4.12. The quantitative estimate of drug-likeness (QED) is 0.491. The van der Waals surface area contributed by atoms with Crippen LogP contribution in [-0.2, 0) is 11.3 Å². The Labute approximate surface area is 88.8 Å². The monoisotopic (exact) mass is 232 g/mol. The van der Waals surface area contributed by atoms with E-state index in [2.05, 4.69) is 11.3 Å². The van der Waals surface area contributed by atoms with Crippen LogP contribution in [0.25, 0.3) is 0 Å². The summed E-state index contributed by atoms with van der Waals surface area (Å²) in [7, 11) is 0. The Hall–Kier alpha value is -1.82. The lowest BCUT2D eigenvalue weighted by molar-refractivity contribution is 0.0657. The molecule has 0 aliphatic rings. The summed E-state index contributed by atoms with van der Waals surface area (Å²) in [6.07, 6.45) is 0.724. The van der Waals surface area contributed by atoms with Crippen LogP contribution in [0.1, 0.15) is 15.9 Å². The summed E-state index contributed by atoms with van der Waals surface area (Å²) in [5.74, 6) is -5.55. The van der Waals surface area contributed by atoms with Crippen molar-refractivity contribution < 1.29 is 27.8 Å². The van der Waals surface area contributed by atoms with Crippen molar-refractivity contribution in [2.75, 3.05) is 0 Å². The van der Waals surface area contributed by atoms with Crippen molar-refractivity contribution in [1.82, 2.24) is 0 Å². The van der Waals surface area contributed by atoms with E-state index in [1.165, 1.54) is 0 Å². The zero-order valence-electron chi connectivity index (χ0n) is 7.97. The molecule has 0 amide bonds. The second-order valence-corrected chi connectivity index (χ2v) is 2.74. The fourth-order valence-corrected chi connectivity index (χ4v) is 1.08. The highest BCUT2D eigenvalue weighted by molar-refractivity contribution is 5.90. The number of aliphatic hydroxyl groups excluding tert-OH is 1. The highest BCUT2D eigenvalue weighted by Gasteiger charge is 2.22. The molecule has 86 valence electrons. The van der Waals surface area contributed by atoms with Crippen LogP contribution in [0.15, 0.2) is 18.9 Å². The van der Waals surface area contributed by atoms with Gasteiger partial charge in [0.15, 0.2) is 11.6 Å². The first-order valence-corrected chi connectivity index (χ1v) is 4.12. The maximum atomic E-state index is 13.4. The number of carbonyl (C=O) groups is 1. The molecule has 0 aromatic heterocycles. The second kappa shape index (κ2) is 4.80. The zero-order chi connectivity index (χ0) is 12.3. The molecule has 1 aromatic rings. The van der Waals surface area contributed by atoms with E-state index in [4.69, 9.17) is 5.11 Å². The lowest BCUT2D eigenvalue weighted by atomic mass is 10.1. The normalized spacial score (nSPS) is 10.0. The SMILES string of the molecule is C=COC(=O)c1cc(F)c(F)c(CO)c1F. The molecule has 16 heavy (non-hydrogen) atoms. The van der Waals surface area contributed by atoms with Crippen molar-refractivity contribution in [2.24, 2.45) is 0 Å². The molecule has 0 fully saturated rings. The molecule has 0 aliphatic carbocycles. The number of halogens is 3. The molecular weight excluding hydrogens is 225 g/mol. The number of rotatable bonds is 3. The molecule has 0 saturated carbocycles. The van der Waals surface area contributed by atoms with Crippen molar-refractivity contribution in [3.8, 4) is 0 Å². The van der Waals surface area contributed by atoms with Gasteiger partial charge in [0.05, 0.1) is 24.0 Å². The van der Waals surface area contributed by atoms with Gasteiger partial charge < -0.3 is 9.84 Å². The second-order valence-electron chi connectivity index (χ2n) is 2.74. The number of aliphatic hydroxyl groups is 1. The lowest BCUT2D eigenvalue weighted by Crippen LogP contribution is -2.10. The smallest absolute Gasteiger partial charge is 0.346 e.